The van der Waals surface area contributed by atoms with Gasteiger partial charge in [-0.05, 0) is 55.7 Å². The second-order valence-corrected chi connectivity index (χ2v) is 9.23. The number of ether oxygens (including phenoxy) is 3. The Morgan fingerprint density at radius 1 is 1.00 bits per heavy atom. The Bertz CT molecular complexity index is 1030. The summed E-state index contributed by atoms with van der Waals surface area (Å²) in [6.07, 6.45) is 2.82. The number of hydrogen-bond acceptors (Lipinski definition) is 6. The highest BCUT2D eigenvalue weighted by atomic mass is 32.2. The van der Waals surface area contributed by atoms with E-state index in [-0.39, 0.29) is 17.4 Å². The molecule has 1 saturated heterocycles. The van der Waals surface area contributed by atoms with E-state index in [9.17, 15) is 13.2 Å². The molecule has 1 fully saturated rings. The van der Waals surface area contributed by atoms with Gasteiger partial charge in [-0.2, -0.15) is 4.31 Å². The van der Waals surface area contributed by atoms with Crippen molar-refractivity contribution in [2.24, 2.45) is 0 Å². The second-order valence-electron chi connectivity index (χ2n) is 7.30. The Labute approximate surface area is 183 Å². The number of nitrogens with zero attached hydrogens (tertiary/aromatic N) is 1. The van der Waals surface area contributed by atoms with Crippen molar-refractivity contribution in [3.63, 3.8) is 0 Å². The van der Waals surface area contributed by atoms with Crippen LogP contribution in [0.1, 0.15) is 24.8 Å². The Morgan fingerprint density at radius 2 is 1.71 bits per heavy atom. The van der Waals surface area contributed by atoms with Crippen LogP contribution in [-0.4, -0.2) is 52.5 Å². The third-order valence-electron chi connectivity index (χ3n) is 5.14. The number of carbonyl (C=O) groups is 1. The van der Waals surface area contributed by atoms with Crippen molar-refractivity contribution in [1.82, 2.24) is 4.31 Å². The van der Waals surface area contributed by atoms with Crippen LogP contribution in [0.4, 0.5) is 5.69 Å². The molecule has 0 spiro atoms. The first-order valence-corrected chi connectivity index (χ1v) is 11.5. The quantitative estimate of drug-likeness (QED) is 0.667. The summed E-state index contributed by atoms with van der Waals surface area (Å²) in [6, 6.07) is 9.78. The van der Waals surface area contributed by atoms with Crippen molar-refractivity contribution in [2.45, 2.75) is 31.1 Å². The highest BCUT2D eigenvalue weighted by Gasteiger charge is 2.26. The topological polar surface area (TPSA) is 94.2 Å². The van der Waals surface area contributed by atoms with Crippen molar-refractivity contribution < 1.29 is 27.4 Å². The average Bonchev–Trinajstić information content (AvgIpc) is 2.78. The Balaban J connectivity index is 1.65. The molecule has 0 unspecified atom stereocenters. The van der Waals surface area contributed by atoms with Gasteiger partial charge in [-0.15, -0.1) is 0 Å². The number of anilines is 1. The molecule has 1 aliphatic heterocycles. The zero-order valence-corrected chi connectivity index (χ0v) is 18.8. The number of nitrogens with one attached hydrogen (secondary N) is 1. The minimum atomic E-state index is -3.51. The van der Waals surface area contributed by atoms with Crippen molar-refractivity contribution in [2.75, 3.05) is 39.2 Å². The fourth-order valence-electron chi connectivity index (χ4n) is 3.44. The predicted molar refractivity (Wildman–Crippen MR) is 117 cm³/mol. The number of aryl methyl sites for hydroxylation is 1. The fraction of sp³-hybridized carbons (Fsp3) is 0.409. The fourth-order valence-corrected chi connectivity index (χ4v) is 5.04. The molecule has 8 nitrogen and oxygen atoms in total. The zero-order valence-electron chi connectivity index (χ0n) is 18.0. The van der Waals surface area contributed by atoms with Crippen LogP contribution in [0.2, 0.25) is 0 Å². The molecule has 2 aromatic carbocycles. The summed E-state index contributed by atoms with van der Waals surface area (Å²) in [7, 11) is -0.468. The minimum absolute atomic E-state index is 0.237. The van der Waals surface area contributed by atoms with Gasteiger partial charge in [-0.3, -0.25) is 4.79 Å². The minimum Gasteiger partial charge on any atom is -0.497 e. The van der Waals surface area contributed by atoms with E-state index in [1.54, 1.807) is 37.3 Å². The van der Waals surface area contributed by atoms with E-state index in [1.165, 1.54) is 24.6 Å². The number of hydrogen-bond donors (Lipinski definition) is 1. The highest BCUT2D eigenvalue weighted by molar-refractivity contribution is 7.89. The van der Waals surface area contributed by atoms with Gasteiger partial charge in [0, 0.05) is 19.2 Å². The molecular weight excluding hydrogens is 420 g/mol. The lowest BCUT2D eigenvalue weighted by Crippen LogP contribution is -2.35. The van der Waals surface area contributed by atoms with Gasteiger partial charge in [0.25, 0.3) is 5.91 Å². The maximum absolute atomic E-state index is 12.8. The smallest absolute Gasteiger partial charge is 0.262 e. The number of amides is 1. The molecule has 1 amide bonds. The Hall–Kier alpha value is -2.78. The van der Waals surface area contributed by atoms with E-state index in [1.807, 2.05) is 0 Å². The molecule has 0 aliphatic carbocycles. The van der Waals surface area contributed by atoms with E-state index in [2.05, 4.69) is 5.32 Å². The van der Waals surface area contributed by atoms with Crippen LogP contribution in [0.3, 0.4) is 0 Å². The number of carbonyl (C=O) groups excluding carboxylic acids is 1. The summed E-state index contributed by atoms with van der Waals surface area (Å²) in [6.45, 7) is 2.62. The van der Waals surface area contributed by atoms with E-state index in [0.717, 1.165) is 19.3 Å². The molecule has 0 aromatic heterocycles. The molecule has 1 aliphatic rings. The lowest BCUT2D eigenvalue weighted by atomic mass is 10.2. The van der Waals surface area contributed by atoms with Crippen LogP contribution in [0.5, 0.6) is 17.2 Å². The van der Waals surface area contributed by atoms with Gasteiger partial charge in [-0.25, -0.2) is 8.42 Å². The first kappa shape index (κ1) is 22.9. The number of methoxy groups -OCH3 is 2. The van der Waals surface area contributed by atoms with Crippen LogP contribution in [-0.2, 0) is 14.8 Å². The van der Waals surface area contributed by atoms with Crippen LogP contribution in [0.25, 0.3) is 0 Å². The normalized spacial score (nSPS) is 14.7. The molecule has 0 saturated carbocycles. The van der Waals surface area contributed by atoms with Gasteiger partial charge in [0.2, 0.25) is 10.0 Å². The van der Waals surface area contributed by atoms with Crippen LogP contribution in [0, 0.1) is 6.92 Å². The molecule has 0 atom stereocenters. The summed E-state index contributed by atoms with van der Waals surface area (Å²) in [5.74, 6) is 1.15. The maximum atomic E-state index is 12.8. The summed E-state index contributed by atoms with van der Waals surface area (Å²) in [4.78, 5) is 12.6. The summed E-state index contributed by atoms with van der Waals surface area (Å²) in [5.41, 5.74) is 1.11. The third-order valence-corrected chi connectivity index (χ3v) is 7.03. The molecule has 2 aromatic rings. The molecule has 9 heteroatoms. The van der Waals surface area contributed by atoms with E-state index < -0.39 is 10.0 Å². The van der Waals surface area contributed by atoms with Gasteiger partial charge >= 0.3 is 0 Å². The third kappa shape index (κ3) is 5.48. The van der Waals surface area contributed by atoms with E-state index in [0.29, 0.717) is 41.6 Å². The molecule has 168 valence electrons. The van der Waals surface area contributed by atoms with Crippen molar-refractivity contribution >= 4 is 21.6 Å². The monoisotopic (exact) mass is 448 g/mol. The van der Waals surface area contributed by atoms with Gasteiger partial charge in [0.05, 0.1) is 24.8 Å². The molecule has 31 heavy (non-hydrogen) atoms. The Morgan fingerprint density at radius 3 is 2.35 bits per heavy atom. The Kier molecular flexibility index (Phi) is 7.40. The molecule has 3 rings (SSSR count). The van der Waals surface area contributed by atoms with Crippen molar-refractivity contribution in [1.29, 1.82) is 0 Å². The van der Waals surface area contributed by atoms with Gasteiger partial charge in [0.1, 0.15) is 17.2 Å². The largest absolute Gasteiger partial charge is 0.497 e. The number of piperidine rings is 1. The molecule has 0 radical (unpaired) electrons. The van der Waals surface area contributed by atoms with Gasteiger partial charge in [0.15, 0.2) is 6.61 Å². The van der Waals surface area contributed by atoms with Crippen LogP contribution in [0.15, 0.2) is 41.3 Å². The van der Waals surface area contributed by atoms with Crippen LogP contribution >= 0.6 is 0 Å². The van der Waals surface area contributed by atoms with Crippen molar-refractivity contribution in [3.05, 3.63) is 42.0 Å². The first-order valence-electron chi connectivity index (χ1n) is 10.1. The molecular formula is C22H28N2O6S. The predicted octanol–water partition coefficient (Wildman–Crippen LogP) is 3.20. The zero-order chi connectivity index (χ0) is 22.4. The van der Waals surface area contributed by atoms with Crippen molar-refractivity contribution in [3.8, 4) is 17.2 Å². The molecule has 0 bridgehead atoms. The molecule has 1 heterocycles. The number of rotatable bonds is 8. The summed E-state index contributed by atoms with van der Waals surface area (Å²) >= 11 is 0. The highest BCUT2D eigenvalue weighted by Crippen LogP contribution is 2.29. The number of sulfonamides is 1. The lowest BCUT2D eigenvalue weighted by Gasteiger charge is -2.26. The van der Waals surface area contributed by atoms with Gasteiger partial charge in [-0.1, -0.05) is 6.42 Å². The molecule has 1 N–H and O–H groups in total. The lowest BCUT2D eigenvalue weighted by molar-refractivity contribution is -0.118. The maximum Gasteiger partial charge on any atom is 0.262 e. The SMILES string of the molecule is COc1ccc(OC)c(NC(=O)COc2ccc(S(=O)(=O)N3CCCCC3)cc2C)c1. The summed E-state index contributed by atoms with van der Waals surface area (Å²) < 4.78 is 43.2. The van der Waals surface area contributed by atoms with Gasteiger partial charge < -0.3 is 19.5 Å². The number of benzene rings is 2. The second kappa shape index (κ2) is 10.0. The van der Waals surface area contributed by atoms with E-state index in [4.69, 9.17) is 14.2 Å². The van der Waals surface area contributed by atoms with Crippen LogP contribution < -0.4 is 19.5 Å². The van der Waals surface area contributed by atoms with E-state index >= 15 is 0 Å². The average molecular weight is 449 g/mol. The standard InChI is InChI=1S/C22H28N2O6S/c1-16-13-18(31(26,27)24-11-5-4-6-12-24)8-10-20(16)30-15-22(25)23-19-14-17(28-2)7-9-21(19)29-3/h7-10,13-14H,4-6,11-12,15H2,1-3H3,(H,23,25). The summed E-state index contributed by atoms with van der Waals surface area (Å²) in [5, 5.41) is 2.73. The first-order chi connectivity index (χ1) is 14.8.